The Kier molecular flexibility index (Phi) is 7.17. The lowest BCUT2D eigenvalue weighted by molar-refractivity contribution is -0.113. The van der Waals surface area contributed by atoms with Crippen LogP contribution in [0.25, 0.3) is 0 Å². The van der Waals surface area contributed by atoms with E-state index in [9.17, 15) is 4.79 Å². The number of hydrogen-bond acceptors (Lipinski definition) is 5. The Bertz CT molecular complexity index is 941. The third-order valence-electron chi connectivity index (χ3n) is 4.39. The van der Waals surface area contributed by atoms with Crippen LogP contribution in [0.15, 0.2) is 53.7 Å². The molecule has 0 bridgehead atoms. The van der Waals surface area contributed by atoms with Crippen LogP contribution in [-0.2, 0) is 23.3 Å². The summed E-state index contributed by atoms with van der Waals surface area (Å²) < 4.78 is 1.96. The van der Waals surface area contributed by atoms with E-state index in [0.29, 0.717) is 5.75 Å². The number of aryl methyl sites for hydroxylation is 2. The lowest BCUT2D eigenvalue weighted by Crippen LogP contribution is -2.14. The summed E-state index contributed by atoms with van der Waals surface area (Å²) >= 11 is 3.20. The van der Waals surface area contributed by atoms with Gasteiger partial charge in [-0.05, 0) is 42.7 Å². The number of nitrogens with zero attached hydrogens (tertiary/aromatic N) is 3. The van der Waals surface area contributed by atoms with E-state index in [1.807, 2.05) is 42.8 Å². The van der Waals surface area contributed by atoms with Gasteiger partial charge in [-0.25, -0.2) is 0 Å². The molecule has 7 heteroatoms. The standard InChI is InChI=1S/C21H24N4OS2/c1-15-9-10-18(11-16(15)2)22-20(26)14-28-21-24-23-19(25(21)3)13-27-12-17-7-5-4-6-8-17/h4-11H,12-14H2,1-3H3,(H,22,26). The highest BCUT2D eigenvalue weighted by Crippen LogP contribution is 2.21. The summed E-state index contributed by atoms with van der Waals surface area (Å²) in [4.78, 5) is 12.2. The van der Waals surface area contributed by atoms with Gasteiger partial charge in [0.15, 0.2) is 5.16 Å². The fourth-order valence-electron chi connectivity index (χ4n) is 2.58. The lowest BCUT2D eigenvalue weighted by atomic mass is 10.1. The quantitative estimate of drug-likeness (QED) is 0.548. The van der Waals surface area contributed by atoms with Crippen LogP contribution < -0.4 is 5.32 Å². The van der Waals surface area contributed by atoms with Crippen LogP contribution in [0.4, 0.5) is 5.69 Å². The third kappa shape index (κ3) is 5.62. The molecule has 3 aromatic rings. The molecule has 0 atom stereocenters. The molecule has 0 spiro atoms. The van der Waals surface area contributed by atoms with Crippen molar-refractivity contribution in [2.45, 2.75) is 30.5 Å². The Labute approximate surface area is 174 Å². The summed E-state index contributed by atoms with van der Waals surface area (Å²) in [5, 5.41) is 12.2. The van der Waals surface area contributed by atoms with Crippen LogP contribution in [0.1, 0.15) is 22.5 Å². The summed E-state index contributed by atoms with van der Waals surface area (Å²) in [7, 11) is 1.95. The number of hydrogen-bond donors (Lipinski definition) is 1. The van der Waals surface area contributed by atoms with Crippen LogP contribution in [0.2, 0.25) is 0 Å². The van der Waals surface area contributed by atoms with E-state index in [-0.39, 0.29) is 5.91 Å². The molecule has 0 fully saturated rings. The van der Waals surface area contributed by atoms with Crippen molar-refractivity contribution in [3.63, 3.8) is 0 Å². The Balaban J connectivity index is 1.48. The number of aromatic nitrogens is 3. The molecule has 0 radical (unpaired) electrons. The number of anilines is 1. The molecule has 28 heavy (non-hydrogen) atoms. The maximum absolute atomic E-state index is 12.2. The van der Waals surface area contributed by atoms with Gasteiger partial charge in [0.1, 0.15) is 5.82 Å². The first-order valence-corrected chi connectivity index (χ1v) is 11.2. The summed E-state index contributed by atoms with van der Waals surface area (Å²) in [5.74, 6) is 2.90. The molecule has 0 saturated heterocycles. The number of amides is 1. The summed E-state index contributed by atoms with van der Waals surface area (Å²) in [6, 6.07) is 16.3. The smallest absolute Gasteiger partial charge is 0.234 e. The Hall–Kier alpha value is -2.25. The molecule has 0 unspecified atom stereocenters. The van der Waals surface area contributed by atoms with Crippen molar-refractivity contribution in [2.75, 3.05) is 11.1 Å². The summed E-state index contributed by atoms with van der Waals surface area (Å²) in [5.41, 5.74) is 4.50. The Morgan fingerprint density at radius 2 is 1.82 bits per heavy atom. The molecule has 146 valence electrons. The van der Waals surface area contributed by atoms with Crippen LogP contribution in [0.5, 0.6) is 0 Å². The second kappa shape index (κ2) is 9.80. The van der Waals surface area contributed by atoms with Gasteiger partial charge < -0.3 is 9.88 Å². The molecule has 2 aromatic carbocycles. The number of carbonyl (C=O) groups is 1. The average Bonchev–Trinajstić information content (AvgIpc) is 3.04. The second-order valence-electron chi connectivity index (χ2n) is 6.57. The molecule has 0 aliphatic heterocycles. The minimum atomic E-state index is -0.0451. The molecule has 3 rings (SSSR count). The van der Waals surface area contributed by atoms with Crippen molar-refractivity contribution in [1.82, 2.24) is 14.8 Å². The predicted molar refractivity (Wildman–Crippen MR) is 118 cm³/mol. The first kappa shape index (κ1) is 20.5. The van der Waals surface area contributed by atoms with Gasteiger partial charge >= 0.3 is 0 Å². The first-order chi connectivity index (χ1) is 13.5. The van der Waals surface area contributed by atoms with E-state index in [0.717, 1.165) is 33.7 Å². The molecule has 1 N–H and O–H groups in total. The van der Waals surface area contributed by atoms with Crippen molar-refractivity contribution >= 4 is 35.1 Å². The molecule has 1 aromatic heterocycles. The maximum Gasteiger partial charge on any atom is 0.234 e. The van der Waals surface area contributed by atoms with Gasteiger partial charge in [-0.15, -0.1) is 22.0 Å². The molecule has 0 saturated carbocycles. The molecular weight excluding hydrogens is 388 g/mol. The van der Waals surface area contributed by atoms with Crippen molar-refractivity contribution < 1.29 is 4.79 Å². The number of carbonyl (C=O) groups excluding carboxylic acids is 1. The second-order valence-corrected chi connectivity index (χ2v) is 8.50. The van der Waals surface area contributed by atoms with Gasteiger partial charge in [-0.2, -0.15) is 0 Å². The van der Waals surface area contributed by atoms with E-state index in [4.69, 9.17) is 0 Å². The van der Waals surface area contributed by atoms with Gasteiger partial charge in [0.05, 0.1) is 11.5 Å². The minimum Gasteiger partial charge on any atom is -0.325 e. The van der Waals surface area contributed by atoms with Gasteiger partial charge in [-0.1, -0.05) is 48.2 Å². The molecular formula is C21H24N4OS2. The largest absolute Gasteiger partial charge is 0.325 e. The Morgan fingerprint density at radius 1 is 1.04 bits per heavy atom. The molecule has 1 heterocycles. The van der Waals surface area contributed by atoms with Crippen molar-refractivity contribution in [2.24, 2.45) is 7.05 Å². The maximum atomic E-state index is 12.2. The predicted octanol–water partition coefficient (Wildman–Crippen LogP) is 4.60. The van der Waals surface area contributed by atoms with Crippen LogP contribution in [-0.4, -0.2) is 26.4 Å². The fourth-order valence-corrected chi connectivity index (χ4v) is 4.27. The minimum absolute atomic E-state index is 0.0451. The highest BCUT2D eigenvalue weighted by molar-refractivity contribution is 7.99. The van der Waals surface area contributed by atoms with Crippen molar-refractivity contribution in [3.8, 4) is 0 Å². The SMILES string of the molecule is Cc1ccc(NC(=O)CSc2nnc(CSCc3ccccc3)n2C)cc1C. The van der Waals surface area contributed by atoms with E-state index >= 15 is 0 Å². The highest BCUT2D eigenvalue weighted by Gasteiger charge is 2.12. The topological polar surface area (TPSA) is 59.8 Å². The van der Waals surface area contributed by atoms with Crippen LogP contribution in [0, 0.1) is 13.8 Å². The number of nitrogens with one attached hydrogen (secondary N) is 1. The van der Waals surface area contributed by atoms with Crippen molar-refractivity contribution in [1.29, 1.82) is 0 Å². The van der Waals surface area contributed by atoms with Gasteiger partial charge in [0.2, 0.25) is 5.91 Å². The Morgan fingerprint density at radius 3 is 2.57 bits per heavy atom. The van der Waals surface area contributed by atoms with Gasteiger partial charge in [-0.3, -0.25) is 4.79 Å². The van der Waals surface area contributed by atoms with E-state index in [1.165, 1.54) is 22.9 Å². The number of thioether (sulfide) groups is 2. The molecule has 5 nitrogen and oxygen atoms in total. The number of rotatable bonds is 8. The summed E-state index contributed by atoms with van der Waals surface area (Å²) in [6.45, 7) is 4.09. The zero-order valence-electron chi connectivity index (χ0n) is 16.3. The lowest BCUT2D eigenvalue weighted by Gasteiger charge is -2.08. The van der Waals surface area contributed by atoms with Crippen molar-refractivity contribution in [3.05, 3.63) is 71.0 Å². The van der Waals surface area contributed by atoms with E-state index in [1.54, 1.807) is 11.8 Å². The molecule has 0 aliphatic carbocycles. The summed E-state index contributed by atoms with van der Waals surface area (Å²) in [6.07, 6.45) is 0. The van der Waals surface area contributed by atoms with Gasteiger partial charge in [0, 0.05) is 18.5 Å². The average molecular weight is 413 g/mol. The third-order valence-corrected chi connectivity index (χ3v) is 6.41. The normalized spacial score (nSPS) is 10.8. The zero-order valence-corrected chi connectivity index (χ0v) is 17.9. The van der Waals surface area contributed by atoms with Crippen LogP contribution >= 0.6 is 23.5 Å². The first-order valence-electron chi connectivity index (χ1n) is 9.03. The van der Waals surface area contributed by atoms with E-state index in [2.05, 4.69) is 46.7 Å². The number of benzene rings is 2. The van der Waals surface area contributed by atoms with E-state index < -0.39 is 0 Å². The fraction of sp³-hybridized carbons (Fsp3) is 0.286. The van der Waals surface area contributed by atoms with Gasteiger partial charge in [0.25, 0.3) is 0 Å². The zero-order chi connectivity index (χ0) is 19.9. The molecule has 1 amide bonds. The monoisotopic (exact) mass is 412 g/mol. The van der Waals surface area contributed by atoms with Crippen LogP contribution in [0.3, 0.4) is 0 Å². The molecule has 0 aliphatic rings. The highest BCUT2D eigenvalue weighted by atomic mass is 32.2.